The predicted octanol–water partition coefficient (Wildman–Crippen LogP) is 3.11. The van der Waals surface area contributed by atoms with Crippen molar-refractivity contribution in [1.82, 2.24) is 10.3 Å². The number of hydrogen-bond donors (Lipinski definition) is 2. The van der Waals surface area contributed by atoms with Crippen molar-refractivity contribution in [3.8, 4) is 0 Å². The summed E-state index contributed by atoms with van der Waals surface area (Å²) in [5.74, 6) is 0.419. The lowest BCUT2D eigenvalue weighted by molar-refractivity contribution is -0.121. The molecule has 0 atom stereocenters. The Hall–Kier alpha value is -2.10. The van der Waals surface area contributed by atoms with Gasteiger partial charge in [0.25, 0.3) is 5.56 Å². The number of nitrogens with one attached hydrogen (secondary N) is 2. The van der Waals surface area contributed by atoms with E-state index in [1.807, 2.05) is 32.0 Å². The highest BCUT2D eigenvalue weighted by Crippen LogP contribution is 2.20. The molecule has 0 bridgehead atoms. The zero-order valence-corrected chi connectivity index (χ0v) is 13.7. The smallest absolute Gasteiger partial charge is 0.251 e. The molecule has 0 radical (unpaired) electrons. The third kappa shape index (κ3) is 3.97. The average Bonchev–Trinajstić information content (AvgIpc) is 2.43. The van der Waals surface area contributed by atoms with Crippen molar-refractivity contribution in [3.05, 3.63) is 45.7 Å². The fourth-order valence-corrected chi connectivity index (χ4v) is 2.46. The molecule has 0 aliphatic rings. The number of aromatic nitrogens is 1. The molecule has 0 fully saturated rings. The van der Waals surface area contributed by atoms with E-state index < -0.39 is 0 Å². The Labute approximate surface area is 130 Å². The summed E-state index contributed by atoms with van der Waals surface area (Å²) < 4.78 is 0. The van der Waals surface area contributed by atoms with Crippen molar-refractivity contribution in [2.75, 3.05) is 0 Å². The van der Waals surface area contributed by atoms with Gasteiger partial charge in [0.1, 0.15) is 0 Å². The molecule has 1 heterocycles. The minimum absolute atomic E-state index is 0.0228. The lowest BCUT2D eigenvalue weighted by Crippen LogP contribution is -2.30. The molecule has 0 saturated heterocycles. The number of hydrogen-bond acceptors (Lipinski definition) is 2. The number of rotatable bonds is 5. The zero-order chi connectivity index (χ0) is 16.3. The predicted molar refractivity (Wildman–Crippen MR) is 90.3 cm³/mol. The molecule has 1 aromatic carbocycles. The van der Waals surface area contributed by atoms with Crippen LogP contribution in [0.4, 0.5) is 0 Å². The van der Waals surface area contributed by atoms with Crippen molar-refractivity contribution >= 4 is 16.8 Å². The molecule has 118 valence electrons. The molecule has 0 saturated carbocycles. The Balaban J connectivity index is 2.24. The first kappa shape index (κ1) is 16.3. The number of amides is 1. The van der Waals surface area contributed by atoms with Crippen LogP contribution >= 0.6 is 0 Å². The van der Waals surface area contributed by atoms with Gasteiger partial charge < -0.3 is 10.3 Å². The van der Waals surface area contributed by atoms with Crippen LogP contribution < -0.4 is 10.9 Å². The van der Waals surface area contributed by atoms with Crippen LogP contribution in [-0.4, -0.2) is 16.9 Å². The van der Waals surface area contributed by atoms with E-state index in [1.165, 1.54) is 5.56 Å². The van der Waals surface area contributed by atoms with E-state index in [0.29, 0.717) is 24.3 Å². The maximum Gasteiger partial charge on any atom is 0.251 e. The molecule has 4 heteroatoms. The van der Waals surface area contributed by atoms with Gasteiger partial charge in [-0.15, -0.1) is 0 Å². The van der Waals surface area contributed by atoms with Crippen LogP contribution in [0.3, 0.4) is 0 Å². The Morgan fingerprint density at radius 3 is 2.55 bits per heavy atom. The largest absolute Gasteiger partial charge is 0.354 e. The Morgan fingerprint density at radius 2 is 1.91 bits per heavy atom. The first-order valence-corrected chi connectivity index (χ1v) is 7.82. The summed E-state index contributed by atoms with van der Waals surface area (Å²) in [5, 5.41) is 3.86. The molecule has 0 aliphatic heterocycles. The maximum absolute atomic E-state index is 12.1. The van der Waals surface area contributed by atoms with Gasteiger partial charge in [-0.1, -0.05) is 19.9 Å². The number of benzene rings is 1. The summed E-state index contributed by atoms with van der Waals surface area (Å²) in [5.41, 5.74) is 2.63. The van der Waals surface area contributed by atoms with Crippen LogP contribution in [-0.2, 0) is 11.2 Å². The fourth-order valence-electron chi connectivity index (χ4n) is 2.46. The van der Waals surface area contributed by atoms with Crippen molar-refractivity contribution < 1.29 is 4.79 Å². The second-order valence-electron chi connectivity index (χ2n) is 6.35. The molecule has 2 N–H and O–H groups in total. The first-order valence-electron chi connectivity index (χ1n) is 7.82. The van der Waals surface area contributed by atoms with Crippen LogP contribution in [0.15, 0.2) is 29.1 Å². The molecule has 4 nitrogen and oxygen atoms in total. The SMILES string of the molecule is CC(C)NC(=O)CCc1cc2cc(C(C)C)ccc2[nH]c1=O. The van der Waals surface area contributed by atoms with Gasteiger partial charge in [0.2, 0.25) is 5.91 Å². The minimum atomic E-state index is -0.109. The van der Waals surface area contributed by atoms with E-state index in [1.54, 1.807) is 0 Å². The molecule has 2 aromatic rings. The highest BCUT2D eigenvalue weighted by Gasteiger charge is 2.08. The number of carbonyl (C=O) groups excluding carboxylic acids is 1. The third-order valence-corrected chi connectivity index (χ3v) is 3.68. The number of aromatic amines is 1. The van der Waals surface area contributed by atoms with Gasteiger partial charge in [0.15, 0.2) is 0 Å². The molecule has 0 unspecified atom stereocenters. The first-order chi connectivity index (χ1) is 10.4. The summed E-state index contributed by atoms with van der Waals surface area (Å²) in [6, 6.07) is 8.12. The standard InChI is InChI=1S/C18H24N2O2/c1-11(2)13-5-7-16-15(9-13)10-14(18(22)20-16)6-8-17(21)19-12(3)4/h5,7,9-12H,6,8H2,1-4H3,(H,19,21)(H,20,22). The Kier molecular flexibility index (Phi) is 5.01. The van der Waals surface area contributed by atoms with E-state index in [0.717, 1.165) is 10.9 Å². The molecule has 0 spiro atoms. The van der Waals surface area contributed by atoms with Gasteiger partial charge in [0, 0.05) is 23.5 Å². The maximum atomic E-state index is 12.1. The minimum Gasteiger partial charge on any atom is -0.354 e. The summed E-state index contributed by atoms with van der Waals surface area (Å²) >= 11 is 0. The molecule has 1 amide bonds. The number of H-pyrrole nitrogens is 1. The highest BCUT2D eigenvalue weighted by atomic mass is 16.1. The molecule has 1 aromatic heterocycles. The van der Waals surface area contributed by atoms with Crippen LogP contribution in [0.1, 0.15) is 51.2 Å². The third-order valence-electron chi connectivity index (χ3n) is 3.68. The van der Waals surface area contributed by atoms with Crippen molar-refractivity contribution in [2.24, 2.45) is 0 Å². The lowest BCUT2D eigenvalue weighted by atomic mass is 10.00. The average molecular weight is 300 g/mol. The van der Waals surface area contributed by atoms with Gasteiger partial charge in [-0.25, -0.2) is 0 Å². The topological polar surface area (TPSA) is 62.0 Å². The van der Waals surface area contributed by atoms with E-state index in [2.05, 4.69) is 30.2 Å². The van der Waals surface area contributed by atoms with Crippen LogP contribution in [0, 0.1) is 0 Å². The Bertz CT molecular complexity index is 729. The van der Waals surface area contributed by atoms with Gasteiger partial charge >= 0.3 is 0 Å². The normalized spacial score (nSPS) is 11.4. The number of carbonyl (C=O) groups is 1. The fraction of sp³-hybridized carbons (Fsp3) is 0.444. The van der Waals surface area contributed by atoms with Gasteiger partial charge in [-0.05, 0) is 55.3 Å². The number of pyridine rings is 1. The summed E-state index contributed by atoms with van der Waals surface area (Å²) in [6.45, 7) is 8.14. The molecule has 2 rings (SSSR count). The summed E-state index contributed by atoms with van der Waals surface area (Å²) in [4.78, 5) is 26.7. The van der Waals surface area contributed by atoms with Crippen molar-refractivity contribution in [2.45, 2.75) is 52.5 Å². The van der Waals surface area contributed by atoms with Crippen LogP contribution in [0.5, 0.6) is 0 Å². The number of aryl methyl sites for hydroxylation is 1. The van der Waals surface area contributed by atoms with Crippen LogP contribution in [0.25, 0.3) is 10.9 Å². The van der Waals surface area contributed by atoms with E-state index in [-0.39, 0.29) is 17.5 Å². The monoisotopic (exact) mass is 300 g/mol. The van der Waals surface area contributed by atoms with E-state index in [4.69, 9.17) is 0 Å². The summed E-state index contributed by atoms with van der Waals surface area (Å²) in [6.07, 6.45) is 0.784. The van der Waals surface area contributed by atoms with Gasteiger partial charge in [-0.3, -0.25) is 9.59 Å². The summed E-state index contributed by atoms with van der Waals surface area (Å²) in [7, 11) is 0. The molecular formula is C18H24N2O2. The highest BCUT2D eigenvalue weighted by molar-refractivity contribution is 5.80. The zero-order valence-electron chi connectivity index (χ0n) is 13.7. The second kappa shape index (κ2) is 6.77. The van der Waals surface area contributed by atoms with Crippen LogP contribution in [0.2, 0.25) is 0 Å². The van der Waals surface area contributed by atoms with Gasteiger partial charge in [0.05, 0.1) is 0 Å². The molecule has 22 heavy (non-hydrogen) atoms. The number of fused-ring (bicyclic) bond motifs is 1. The van der Waals surface area contributed by atoms with Crippen molar-refractivity contribution in [3.63, 3.8) is 0 Å². The Morgan fingerprint density at radius 1 is 1.18 bits per heavy atom. The quantitative estimate of drug-likeness (QED) is 0.891. The van der Waals surface area contributed by atoms with E-state index in [9.17, 15) is 9.59 Å². The molecular weight excluding hydrogens is 276 g/mol. The lowest BCUT2D eigenvalue weighted by Gasteiger charge is -2.09. The van der Waals surface area contributed by atoms with Crippen molar-refractivity contribution in [1.29, 1.82) is 0 Å². The van der Waals surface area contributed by atoms with Gasteiger partial charge in [-0.2, -0.15) is 0 Å². The van der Waals surface area contributed by atoms with E-state index >= 15 is 0 Å². The second-order valence-corrected chi connectivity index (χ2v) is 6.35. The molecule has 0 aliphatic carbocycles.